The van der Waals surface area contributed by atoms with Gasteiger partial charge in [-0.05, 0) is 35.0 Å². The number of nitrogens with zero attached hydrogens (tertiary/aromatic N) is 1. The van der Waals surface area contributed by atoms with E-state index >= 15 is 0 Å². The van der Waals surface area contributed by atoms with Crippen LogP contribution in [0.15, 0.2) is 29.4 Å². The van der Waals surface area contributed by atoms with Gasteiger partial charge in [0, 0.05) is 6.54 Å². The Bertz CT molecular complexity index is 393. The number of halogens is 1. The van der Waals surface area contributed by atoms with E-state index in [4.69, 9.17) is 0 Å². The Morgan fingerprint density at radius 1 is 1.62 bits per heavy atom. The first-order chi connectivity index (χ1) is 7.63. The molecule has 4 nitrogen and oxygen atoms in total. The number of hydrogen-bond acceptors (Lipinski definition) is 3. The maximum absolute atomic E-state index is 11.5. The van der Waals surface area contributed by atoms with Crippen LogP contribution in [0.2, 0.25) is 0 Å². The first kappa shape index (κ1) is 12.9. The molecule has 16 heavy (non-hydrogen) atoms. The van der Waals surface area contributed by atoms with E-state index in [0.29, 0.717) is 6.54 Å². The maximum atomic E-state index is 11.5. The van der Waals surface area contributed by atoms with Crippen LogP contribution in [0.4, 0.5) is 5.69 Å². The van der Waals surface area contributed by atoms with Gasteiger partial charge in [0.1, 0.15) is 4.60 Å². The Labute approximate surface area is 103 Å². The van der Waals surface area contributed by atoms with Crippen LogP contribution in [0.1, 0.15) is 5.69 Å². The van der Waals surface area contributed by atoms with E-state index in [-0.39, 0.29) is 12.5 Å². The van der Waals surface area contributed by atoms with Crippen molar-refractivity contribution in [2.24, 2.45) is 0 Å². The quantitative estimate of drug-likeness (QED) is 0.493. The van der Waals surface area contributed by atoms with E-state index in [1.807, 2.05) is 13.0 Å². The van der Waals surface area contributed by atoms with Crippen molar-refractivity contribution in [3.63, 3.8) is 0 Å². The fourth-order valence-electron chi connectivity index (χ4n) is 1.14. The van der Waals surface area contributed by atoms with Crippen molar-refractivity contribution in [2.45, 2.75) is 6.92 Å². The number of hydrogen-bond donors (Lipinski definition) is 2. The summed E-state index contributed by atoms with van der Waals surface area (Å²) in [5.41, 5.74) is 1.51. The Morgan fingerprint density at radius 3 is 3.00 bits per heavy atom. The van der Waals surface area contributed by atoms with E-state index in [1.54, 1.807) is 12.1 Å². The van der Waals surface area contributed by atoms with Crippen molar-refractivity contribution in [1.82, 2.24) is 10.3 Å². The molecule has 1 heterocycles. The molecular weight excluding hydrogens is 270 g/mol. The molecule has 2 N–H and O–H groups in total. The molecule has 0 aromatic carbocycles. The lowest BCUT2D eigenvalue weighted by Crippen LogP contribution is -2.28. The summed E-state index contributed by atoms with van der Waals surface area (Å²) >= 11 is 3.27. The zero-order chi connectivity index (χ0) is 12.0. The third-order valence-electron chi connectivity index (χ3n) is 1.90. The molecule has 1 aromatic rings. The molecule has 1 rings (SSSR count). The summed E-state index contributed by atoms with van der Waals surface area (Å²) in [6.07, 6.45) is 1.71. The van der Waals surface area contributed by atoms with Gasteiger partial charge in [-0.2, -0.15) is 0 Å². The monoisotopic (exact) mass is 283 g/mol. The number of carbonyl (C=O) groups is 1. The molecule has 0 radical (unpaired) electrons. The third kappa shape index (κ3) is 4.12. The highest BCUT2D eigenvalue weighted by molar-refractivity contribution is 9.10. The Kier molecular flexibility index (Phi) is 5.14. The average Bonchev–Trinajstić information content (AvgIpc) is 2.23. The van der Waals surface area contributed by atoms with Crippen LogP contribution in [-0.4, -0.2) is 24.0 Å². The highest BCUT2D eigenvalue weighted by Gasteiger charge is 2.04. The van der Waals surface area contributed by atoms with Gasteiger partial charge in [-0.1, -0.05) is 6.08 Å². The number of aryl methyl sites for hydroxylation is 1. The van der Waals surface area contributed by atoms with E-state index < -0.39 is 0 Å². The Hall–Kier alpha value is -1.20. The SMILES string of the molecule is C=CCNCC(=O)Nc1ccc(Br)nc1C. The molecule has 1 amide bonds. The molecule has 0 aliphatic carbocycles. The summed E-state index contributed by atoms with van der Waals surface area (Å²) < 4.78 is 0.757. The van der Waals surface area contributed by atoms with Crippen molar-refractivity contribution in [3.8, 4) is 0 Å². The predicted molar refractivity (Wildman–Crippen MR) is 68.4 cm³/mol. The third-order valence-corrected chi connectivity index (χ3v) is 2.34. The fraction of sp³-hybridized carbons (Fsp3) is 0.273. The summed E-state index contributed by atoms with van der Waals surface area (Å²) in [6.45, 7) is 6.28. The second-order valence-corrected chi connectivity index (χ2v) is 4.05. The molecule has 0 aliphatic rings. The van der Waals surface area contributed by atoms with Crippen molar-refractivity contribution in [1.29, 1.82) is 0 Å². The summed E-state index contributed by atoms with van der Waals surface area (Å²) in [4.78, 5) is 15.7. The molecule has 0 spiro atoms. The normalized spacial score (nSPS) is 9.88. The second kappa shape index (κ2) is 6.40. The molecular formula is C11H14BrN3O. The number of pyridine rings is 1. The Balaban J connectivity index is 2.52. The molecule has 0 unspecified atom stereocenters. The minimum Gasteiger partial charge on any atom is -0.323 e. The highest BCUT2D eigenvalue weighted by Crippen LogP contribution is 2.15. The van der Waals surface area contributed by atoms with Crippen LogP contribution in [0.25, 0.3) is 0 Å². The van der Waals surface area contributed by atoms with Crippen molar-refractivity contribution < 1.29 is 4.79 Å². The van der Waals surface area contributed by atoms with Crippen LogP contribution < -0.4 is 10.6 Å². The smallest absolute Gasteiger partial charge is 0.238 e. The first-order valence-electron chi connectivity index (χ1n) is 4.88. The molecule has 0 fully saturated rings. The van der Waals surface area contributed by atoms with E-state index in [2.05, 4.69) is 38.1 Å². The van der Waals surface area contributed by atoms with E-state index in [0.717, 1.165) is 16.0 Å². The topological polar surface area (TPSA) is 54.0 Å². The number of rotatable bonds is 5. The predicted octanol–water partition coefficient (Wildman–Crippen LogP) is 1.87. The lowest BCUT2D eigenvalue weighted by atomic mass is 10.3. The number of amides is 1. The van der Waals surface area contributed by atoms with Gasteiger partial charge < -0.3 is 10.6 Å². The molecule has 0 aliphatic heterocycles. The molecule has 1 aromatic heterocycles. The van der Waals surface area contributed by atoms with Crippen LogP contribution in [0.3, 0.4) is 0 Å². The summed E-state index contributed by atoms with van der Waals surface area (Å²) in [7, 11) is 0. The van der Waals surface area contributed by atoms with Gasteiger partial charge in [0.05, 0.1) is 17.9 Å². The lowest BCUT2D eigenvalue weighted by molar-refractivity contribution is -0.115. The van der Waals surface area contributed by atoms with Crippen molar-refractivity contribution in [3.05, 3.63) is 35.1 Å². The van der Waals surface area contributed by atoms with Crippen LogP contribution in [0.5, 0.6) is 0 Å². The van der Waals surface area contributed by atoms with Gasteiger partial charge in [0.15, 0.2) is 0 Å². The van der Waals surface area contributed by atoms with Crippen LogP contribution >= 0.6 is 15.9 Å². The van der Waals surface area contributed by atoms with Crippen molar-refractivity contribution >= 4 is 27.5 Å². The molecule has 0 saturated carbocycles. The fourth-order valence-corrected chi connectivity index (χ4v) is 1.54. The van der Waals surface area contributed by atoms with Crippen molar-refractivity contribution in [2.75, 3.05) is 18.4 Å². The maximum Gasteiger partial charge on any atom is 0.238 e. The largest absolute Gasteiger partial charge is 0.323 e. The molecule has 5 heteroatoms. The Morgan fingerprint density at radius 2 is 2.38 bits per heavy atom. The van der Waals surface area contributed by atoms with E-state index in [9.17, 15) is 4.79 Å². The molecule has 0 atom stereocenters. The zero-order valence-corrected chi connectivity index (χ0v) is 10.7. The number of anilines is 1. The van der Waals surface area contributed by atoms with Gasteiger partial charge in [-0.15, -0.1) is 6.58 Å². The highest BCUT2D eigenvalue weighted by atomic mass is 79.9. The summed E-state index contributed by atoms with van der Waals surface area (Å²) in [5, 5.41) is 5.70. The molecule has 0 saturated heterocycles. The number of nitrogens with one attached hydrogen (secondary N) is 2. The number of aromatic nitrogens is 1. The van der Waals surface area contributed by atoms with Gasteiger partial charge in [0.2, 0.25) is 5.91 Å². The standard InChI is InChI=1S/C11H14BrN3O/c1-3-6-13-7-11(16)15-9-4-5-10(12)14-8(9)2/h3-5,13H,1,6-7H2,2H3,(H,15,16). The molecule has 86 valence electrons. The van der Waals surface area contributed by atoms with Gasteiger partial charge in [-0.3, -0.25) is 4.79 Å². The van der Waals surface area contributed by atoms with Gasteiger partial charge in [-0.25, -0.2) is 4.98 Å². The second-order valence-electron chi connectivity index (χ2n) is 3.23. The minimum absolute atomic E-state index is 0.0888. The van der Waals surface area contributed by atoms with Crippen LogP contribution in [0, 0.1) is 6.92 Å². The van der Waals surface area contributed by atoms with Gasteiger partial charge >= 0.3 is 0 Å². The molecule has 0 bridgehead atoms. The minimum atomic E-state index is -0.0888. The van der Waals surface area contributed by atoms with Gasteiger partial charge in [0.25, 0.3) is 0 Å². The zero-order valence-electron chi connectivity index (χ0n) is 9.09. The van der Waals surface area contributed by atoms with E-state index in [1.165, 1.54) is 0 Å². The summed E-state index contributed by atoms with van der Waals surface area (Å²) in [5.74, 6) is -0.0888. The number of carbonyl (C=O) groups excluding carboxylic acids is 1. The van der Waals surface area contributed by atoms with Crippen LogP contribution in [-0.2, 0) is 4.79 Å². The lowest BCUT2D eigenvalue weighted by Gasteiger charge is -2.08. The first-order valence-corrected chi connectivity index (χ1v) is 5.67. The summed E-state index contributed by atoms with van der Waals surface area (Å²) in [6, 6.07) is 3.61. The average molecular weight is 284 g/mol.